The first-order valence-electron chi connectivity index (χ1n) is 5.77. The van der Waals surface area contributed by atoms with E-state index in [1.54, 1.807) is 24.3 Å². The summed E-state index contributed by atoms with van der Waals surface area (Å²) in [5.74, 6) is 0.811. The van der Waals surface area contributed by atoms with E-state index >= 15 is 0 Å². The highest BCUT2D eigenvalue weighted by Crippen LogP contribution is 2.26. The van der Waals surface area contributed by atoms with E-state index in [1.807, 2.05) is 6.92 Å². The van der Waals surface area contributed by atoms with E-state index in [1.165, 1.54) is 25.3 Å². The van der Waals surface area contributed by atoms with Crippen LogP contribution in [0.5, 0.6) is 11.5 Å². The molecule has 2 rings (SSSR count). The molecule has 4 nitrogen and oxygen atoms in total. The number of aryl methyl sites for hydroxylation is 1. The Morgan fingerprint density at radius 2 is 1.60 bits per heavy atom. The Kier molecular flexibility index (Phi) is 4.20. The fourth-order valence-electron chi connectivity index (χ4n) is 1.61. The van der Waals surface area contributed by atoms with Gasteiger partial charge in [-0.05, 0) is 48.9 Å². The van der Waals surface area contributed by atoms with E-state index in [9.17, 15) is 8.42 Å². The quantitative estimate of drug-likeness (QED) is 0.812. The van der Waals surface area contributed by atoms with Crippen LogP contribution in [-0.4, -0.2) is 15.5 Å². The lowest BCUT2D eigenvalue weighted by Crippen LogP contribution is -2.10. The molecule has 6 heteroatoms. The Bertz CT molecular complexity index is 708. The summed E-state index contributed by atoms with van der Waals surface area (Å²) in [7, 11) is -2.43. The largest absolute Gasteiger partial charge is 0.497 e. The summed E-state index contributed by atoms with van der Waals surface area (Å²) in [6.45, 7) is 1.83. The van der Waals surface area contributed by atoms with Gasteiger partial charge in [-0.2, -0.15) is 8.42 Å². The zero-order valence-electron chi connectivity index (χ0n) is 11.0. The molecule has 0 bridgehead atoms. The van der Waals surface area contributed by atoms with E-state index in [-0.39, 0.29) is 15.7 Å². The SMILES string of the molecule is COc1ccc(OS(=O)(=O)c2ccc(C)cc2Cl)cc1. The van der Waals surface area contributed by atoms with E-state index in [2.05, 4.69) is 0 Å². The number of hydrogen-bond acceptors (Lipinski definition) is 4. The Balaban J connectivity index is 2.30. The second kappa shape index (κ2) is 5.73. The highest BCUT2D eigenvalue weighted by atomic mass is 35.5. The minimum absolute atomic E-state index is 0.0550. The second-order valence-corrected chi connectivity index (χ2v) is 6.07. The van der Waals surface area contributed by atoms with Crippen LogP contribution < -0.4 is 8.92 Å². The summed E-state index contributed by atoms with van der Waals surface area (Å²) in [5, 5.41) is 0.138. The smallest absolute Gasteiger partial charge is 0.340 e. The van der Waals surface area contributed by atoms with Gasteiger partial charge in [-0.3, -0.25) is 0 Å². The van der Waals surface area contributed by atoms with Crippen LogP contribution in [0.4, 0.5) is 0 Å². The molecule has 0 saturated heterocycles. The minimum Gasteiger partial charge on any atom is -0.497 e. The van der Waals surface area contributed by atoms with Crippen molar-refractivity contribution < 1.29 is 17.3 Å². The van der Waals surface area contributed by atoms with Gasteiger partial charge in [0.2, 0.25) is 0 Å². The highest BCUT2D eigenvalue weighted by Gasteiger charge is 2.20. The molecule has 0 aliphatic rings. The molecule has 2 aromatic rings. The molecule has 0 unspecified atom stereocenters. The molecule has 0 heterocycles. The van der Waals surface area contributed by atoms with Gasteiger partial charge in [0.05, 0.1) is 12.1 Å². The third-order valence-electron chi connectivity index (χ3n) is 2.62. The van der Waals surface area contributed by atoms with Crippen LogP contribution in [0.1, 0.15) is 5.56 Å². The Hall–Kier alpha value is -1.72. The molecule has 0 aliphatic heterocycles. The predicted molar refractivity (Wildman–Crippen MR) is 77.0 cm³/mol. The lowest BCUT2D eigenvalue weighted by Gasteiger charge is -2.09. The number of methoxy groups -OCH3 is 1. The number of ether oxygens (including phenoxy) is 1. The van der Waals surface area contributed by atoms with Gasteiger partial charge in [-0.1, -0.05) is 17.7 Å². The third-order valence-corrected chi connectivity index (χ3v) is 4.35. The highest BCUT2D eigenvalue weighted by molar-refractivity contribution is 7.87. The van der Waals surface area contributed by atoms with Gasteiger partial charge in [-0.15, -0.1) is 0 Å². The van der Waals surface area contributed by atoms with Crippen molar-refractivity contribution >= 4 is 21.7 Å². The zero-order valence-corrected chi connectivity index (χ0v) is 12.5. The van der Waals surface area contributed by atoms with Crippen LogP contribution in [0.2, 0.25) is 5.02 Å². The maximum atomic E-state index is 12.2. The fraction of sp³-hybridized carbons (Fsp3) is 0.143. The Morgan fingerprint density at radius 3 is 2.15 bits per heavy atom. The molecule has 106 valence electrons. The van der Waals surface area contributed by atoms with E-state index in [0.29, 0.717) is 5.75 Å². The van der Waals surface area contributed by atoms with Crippen LogP contribution in [0.25, 0.3) is 0 Å². The van der Waals surface area contributed by atoms with E-state index in [4.69, 9.17) is 20.5 Å². The van der Waals surface area contributed by atoms with Crippen LogP contribution in [0, 0.1) is 6.92 Å². The number of hydrogen-bond donors (Lipinski definition) is 0. The first kappa shape index (κ1) is 14.7. The Morgan fingerprint density at radius 1 is 1.00 bits per heavy atom. The Labute approximate surface area is 123 Å². The van der Waals surface area contributed by atoms with E-state index in [0.717, 1.165) is 5.56 Å². The summed E-state index contributed by atoms with van der Waals surface area (Å²) in [6, 6.07) is 10.9. The minimum atomic E-state index is -3.95. The van der Waals surface area contributed by atoms with Gasteiger partial charge in [0.25, 0.3) is 0 Å². The standard InChI is InChI=1S/C14H13ClO4S/c1-10-3-8-14(13(15)9-10)20(16,17)19-12-6-4-11(18-2)5-7-12/h3-9H,1-2H3. The van der Waals surface area contributed by atoms with Crippen LogP contribution in [0.3, 0.4) is 0 Å². The van der Waals surface area contributed by atoms with Gasteiger partial charge in [0, 0.05) is 0 Å². The van der Waals surface area contributed by atoms with Crippen molar-refractivity contribution in [1.82, 2.24) is 0 Å². The monoisotopic (exact) mass is 312 g/mol. The second-order valence-electron chi connectivity index (χ2n) is 4.15. The van der Waals surface area contributed by atoms with Crippen LogP contribution in [0.15, 0.2) is 47.4 Å². The van der Waals surface area contributed by atoms with Gasteiger partial charge in [0.1, 0.15) is 16.4 Å². The van der Waals surface area contributed by atoms with Crippen molar-refractivity contribution in [2.24, 2.45) is 0 Å². The maximum Gasteiger partial charge on any atom is 0.340 e. The molecular formula is C14H13ClO4S. The number of rotatable bonds is 4. The molecule has 0 radical (unpaired) electrons. The van der Waals surface area contributed by atoms with E-state index < -0.39 is 10.1 Å². The summed E-state index contributed by atoms with van der Waals surface area (Å²) in [5.41, 5.74) is 0.874. The molecular weight excluding hydrogens is 300 g/mol. The van der Waals surface area contributed by atoms with Gasteiger partial charge >= 0.3 is 10.1 Å². The van der Waals surface area contributed by atoms with Crippen LogP contribution >= 0.6 is 11.6 Å². The summed E-state index contributed by atoms with van der Waals surface area (Å²) < 4.78 is 34.3. The normalized spacial score (nSPS) is 11.2. The van der Waals surface area contributed by atoms with Crippen molar-refractivity contribution in [3.05, 3.63) is 53.1 Å². The first-order valence-corrected chi connectivity index (χ1v) is 7.56. The summed E-state index contributed by atoms with van der Waals surface area (Å²) >= 11 is 5.95. The zero-order chi connectivity index (χ0) is 14.8. The van der Waals surface area contributed by atoms with Gasteiger partial charge < -0.3 is 8.92 Å². The lowest BCUT2D eigenvalue weighted by molar-refractivity contribution is 0.413. The predicted octanol–water partition coefficient (Wildman–Crippen LogP) is 3.42. The molecule has 0 atom stereocenters. The molecule has 0 spiro atoms. The molecule has 0 amide bonds. The van der Waals surface area contributed by atoms with Crippen molar-refractivity contribution in [3.8, 4) is 11.5 Å². The molecule has 0 aromatic heterocycles. The van der Waals surface area contributed by atoms with Crippen molar-refractivity contribution in [1.29, 1.82) is 0 Å². The van der Waals surface area contributed by atoms with Gasteiger partial charge in [0.15, 0.2) is 0 Å². The average molecular weight is 313 g/mol. The molecule has 20 heavy (non-hydrogen) atoms. The first-order chi connectivity index (χ1) is 9.42. The number of benzene rings is 2. The average Bonchev–Trinajstić information content (AvgIpc) is 2.38. The third kappa shape index (κ3) is 3.23. The molecule has 2 aromatic carbocycles. The molecule has 0 N–H and O–H groups in total. The number of halogens is 1. The molecule has 0 saturated carbocycles. The van der Waals surface area contributed by atoms with Crippen LogP contribution in [-0.2, 0) is 10.1 Å². The lowest BCUT2D eigenvalue weighted by atomic mass is 10.2. The summed E-state index contributed by atoms with van der Waals surface area (Å²) in [4.78, 5) is -0.0550. The van der Waals surface area contributed by atoms with Crippen molar-refractivity contribution in [2.45, 2.75) is 11.8 Å². The fourth-order valence-corrected chi connectivity index (χ4v) is 3.12. The summed E-state index contributed by atoms with van der Waals surface area (Å²) in [6.07, 6.45) is 0. The molecule has 0 aliphatic carbocycles. The van der Waals surface area contributed by atoms with Crippen molar-refractivity contribution in [3.63, 3.8) is 0 Å². The van der Waals surface area contributed by atoms with Gasteiger partial charge in [-0.25, -0.2) is 0 Å². The van der Waals surface area contributed by atoms with Crippen molar-refractivity contribution in [2.75, 3.05) is 7.11 Å². The molecule has 0 fully saturated rings. The maximum absolute atomic E-state index is 12.2. The topological polar surface area (TPSA) is 52.6 Å².